The van der Waals surface area contributed by atoms with Crippen LogP contribution in [0.25, 0.3) is 0 Å². The lowest BCUT2D eigenvalue weighted by Crippen LogP contribution is -2.67. The van der Waals surface area contributed by atoms with Gasteiger partial charge < -0.3 is 5.73 Å². The van der Waals surface area contributed by atoms with E-state index in [-0.39, 0.29) is 0 Å². The molecule has 0 fully saturated rings. The maximum Gasteiger partial charge on any atom is 0.392 e. The van der Waals surface area contributed by atoms with Gasteiger partial charge in [0.25, 0.3) is 5.91 Å². The van der Waals surface area contributed by atoms with E-state index in [0.717, 1.165) is 0 Å². The number of nitrogens with two attached hydrogens (primary N) is 1. The highest BCUT2D eigenvalue weighted by Crippen LogP contribution is 2.54. The van der Waals surface area contributed by atoms with Crippen LogP contribution in [0.2, 0.25) is 0 Å². The summed E-state index contributed by atoms with van der Waals surface area (Å²) in [5, 5.41) is 0. The number of carbonyl (C=O) groups excluding carboxylic acids is 1. The van der Waals surface area contributed by atoms with E-state index >= 15 is 0 Å². The molecular weight excluding hydrogens is 292 g/mol. The Morgan fingerprint density at radius 3 is 1.39 bits per heavy atom. The van der Waals surface area contributed by atoms with Crippen molar-refractivity contribution in [2.45, 2.75) is 30.1 Å². The zero-order valence-electron chi connectivity index (χ0n) is 7.84. The molecule has 0 aromatic heterocycles. The van der Waals surface area contributed by atoms with Gasteiger partial charge in [-0.25, -0.2) is 8.78 Å². The first-order valence-electron chi connectivity index (χ1n) is 3.73. The molecule has 2 nitrogen and oxygen atoms in total. The van der Waals surface area contributed by atoms with E-state index in [2.05, 4.69) is 5.73 Å². The van der Waals surface area contributed by atoms with Crippen molar-refractivity contribution in [3.8, 4) is 0 Å². The van der Waals surface area contributed by atoms with Crippen LogP contribution in [-0.2, 0) is 4.79 Å². The fraction of sp³-hybridized carbons (Fsp3) is 0.833. The highest BCUT2D eigenvalue weighted by molar-refractivity contribution is 5.83. The molecule has 18 heavy (non-hydrogen) atoms. The smallest absolute Gasteiger partial charge is 0.364 e. The van der Waals surface area contributed by atoms with Gasteiger partial charge in [-0.05, 0) is 0 Å². The Bertz CT molecular complexity index is 337. The molecule has 0 unspecified atom stereocenters. The Morgan fingerprint density at radius 1 is 0.833 bits per heavy atom. The number of rotatable bonds is 5. The third kappa shape index (κ3) is 1.96. The standard InChI is InChI=1S/C6H3F10NO/c7-1(8)3(9,10)5(13,14)6(15,16)4(11,12)2(17)18/h1H,(H2,17,18). The molecule has 0 aliphatic rings. The molecule has 0 heterocycles. The van der Waals surface area contributed by atoms with Gasteiger partial charge in [0.15, 0.2) is 0 Å². The largest absolute Gasteiger partial charge is 0.392 e. The average molecular weight is 295 g/mol. The van der Waals surface area contributed by atoms with E-state index in [0.29, 0.717) is 0 Å². The summed E-state index contributed by atoms with van der Waals surface area (Å²) in [4.78, 5) is 9.84. The Balaban J connectivity index is 5.81. The van der Waals surface area contributed by atoms with Gasteiger partial charge in [-0.15, -0.1) is 0 Å². The zero-order valence-corrected chi connectivity index (χ0v) is 7.84. The third-order valence-corrected chi connectivity index (χ3v) is 1.79. The Kier molecular flexibility index (Phi) is 3.87. The molecule has 0 saturated carbocycles. The van der Waals surface area contributed by atoms with E-state index in [1.807, 2.05) is 0 Å². The van der Waals surface area contributed by atoms with Gasteiger partial charge in [-0.3, -0.25) is 4.79 Å². The molecule has 0 radical (unpaired) electrons. The minimum Gasteiger partial charge on any atom is -0.364 e. The molecule has 0 bridgehead atoms. The molecule has 0 saturated heterocycles. The van der Waals surface area contributed by atoms with Crippen molar-refractivity contribution >= 4 is 5.91 Å². The predicted octanol–water partition coefficient (Wildman–Crippen LogP) is 2.28. The fourth-order valence-electron chi connectivity index (χ4n) is 0.698. The van der Waals surface area contributed by atoms with E-state index in [1.165, 1.54) is 0 Å². The summed E-state index contributed by atoms with van der Waals surface area (Å²) in [6, 6.07) is 0. The summed E-state index contributed by atoms with van der Waals surface area (Å²) in [6.45, 7) is 0. The summed E-state index contributed by atoms with van der Waals surface area (Å²) in [5.41, 5.74) is 3.64. The van der Waals surface area contributed by atoms with Crippen molar-refractivity contribution in [3.63, 3.8) is 0 Å². The monoisotopic (exact) mass is 295 g/mol. The molecule has 0 atom stereocenters. The van der Waals surface area contributed by atoms with Crippen molar-refractivity contribution < 1.29 is 48.7 Å². The van der Waals surface area contributed by atoms with Gasteiger partial charge >= 0.3 is 30.1 Å². The van der Waals surface area contributed by atoms with Crippen molar-refractivity contribution in [2.24, 2.45) is 5.73 Å². The molecule has 0 aliphatic carbocycles. The minimum atomic E-state index is -7.19. The summed E-state index contributed by atoms with van der Waals surface area (Å²) < 4.78 is 122. The first kappa shape index (κ1) is 16.8. The molecule has 0 spiro atoms. The molecule has 0 aromatic carbocycles. The second-order valence-corrected chi connectivity index (χ2v) is 3.01. The first-order chi connectivity index (χ1) is 7.64. The number of hydrogen-bond donors (Lipinski definition) is 1. The number of carbonyl (C=O) groups is 1. The van der Waals surface area contributed by atoms with Crippen molar-refractivity contribution in [1.82, 2.24) is 0 Å². The Labute approximate surface area is 91.7 Å². The second-order valence-electron chi connectivity index (χ2n) is 3.01. The lowest BCUT2D eigenvalue weighted by Gasteiger charge is -2.34. The maximum atomic E-state index is 12.5. The summed E-state index contributed by atoms with van der Waals surface area (Å²) in [5.74, 6) is -30.9. The topological polar surface area (TPSA) is 43.1 Å². The first-order valence-corrected chi connectivity index (χ1v) is 3.73. The minimum absolute atomic E-state index is 3.36. The number of alkyl halides is 10. The summed E-state index contributed by atoms with van der Waals surface area (Å²) >= 11 is 0. The van der Waals surface area contributed by atoms with E-state index in [4.69, 9.17) is 0 Å². The highest BCUT2D eigenvalue weighted by atomic mass is 19.4. The average Bonchev–Trinajstić information content (AvgIpc) is 2.15. The number of halogens is 10. The lowest BCUT2D eigenvalue weighted by molar-refractivity contribution is -0.375. The number of amides is 1. The fourth-order valence-corrected chi connectivity index (χ4v) is 0.698. The van der Waals surface area contributed by atoms with Crippen LogP contribution < -0.4 is 5.73 Å². The second kappa shape index (κ2) is 4.16. The molecule has 1 amide bonds. The zero-order chi connectivity index (χ0) is 15.2. The van der Waals surface area contributed by atoms with Crippen LogP contribution in [0, 0.1) is 0 Å². The van der Waals surface area contributed by atoms with Crippen LogP contribution in [0.3, 0.4) is 0 Å². The Morgan fingerprint density at radius 2 is 1.17 bits per heavy atom. The van der Waals surface area contributed by atoms with Gasteiger partial charge in [-0.2, -0.15) is 35.1 Å². The van der Waals surface area contributed by atoms with E-state index in [9.17, 15) is 48.7 Å². The van der Waals surface area contributed by atoms with Crippen LogP contribution in [0.15, 0.2) is 0 Å². The highest BCUT2D eigenvalue weighted by Gasteiger charge is 2.84. The quantitative estimate of drug-likeness (QED) is 0.777. The van der Waals surface area contributed by atoms with Gasteiger partial charge in [0.05, 0.1) is 0 Å². The van der Waals surface area contributed by atoms with Gasteiger partial charge in [0.2, 0.25) is 0 Å². The van der Waals surface area contributed by atoms with Gasteiger partial charge in [-0.1, -0.05) is 0 Å². The molecule has 0 aliphatic heterocycles. The van der Waals surface area contributed by atoms with Crippen molar-refractivity contribution in [3.05, 3.63) is 0 Å². The lowest BCUT2D eigenvalue weighted by atomic mass is 9.98. The molecule has 2 N–H and O–H groups in total. The number of hydrogen-bond acceptors (Lipinski definition) is 1. The molecular formula is C6H3F10NO. The summed E-state index contributed by atoms with van der Waals surface area (Å²) in [7, 11) is 0. The van der Waals surface area contributed by atoms with E-state index < -0.39 is 36.0 Å². The SMILES string of the molecule is NC(=O)C(F)(F)C(F)(F)C(F)(F)C(F)(F)C(F)F. The molecule has 0 aromatic rings. The van der Waals surface area contributed by atoms with Crippen LogP contribution in [0.1, 0.15) is 0 Å². The van der Waals surface area contributed by atoms with Crippen molar-refractivity contribution in [2.75, 3.05) is 0 Å². The number of primary amides is 1. The van der Waals surface area contributed by atoms with E-state index in [1.54, 1.807) is 0 Å². The van der Waals surface area contributed by atoms with Crippen LogP contribution in [0.4, 0.5) is 43.9 Å². The normalized spacial score (nSPS) is 15.1. The van der Waals surface area contributed by atoms with Crippen molar-refractivity contribution in [1.29, 1.82) is 0 Å². The predicted molar refractivity (Wildman–Crippen MR) is 35.0 cm³/mol. The van der Waals surface area contributed by atoms with Gasteiger partial charge in [0.1, 0.15) is 0 Å². The summed E-state index contributed by atoms with van der Waals surface area (Å²) in [6.07, 6.45) is -5.36. The Hall–Kier alpha value is -1.23. The third-order valence-electron chi connectivity index (χ3n) is 1.79. The molecule has 108 valence electrons. The van der Waals surface area contributed by atoms with Crippen LogP contribution in [-0.4, -0.2) is 36.0 Å². The molecule has 0 rings (SSSR count). The molecule has 12 heteroatoms. The van der Waals surface area contributed by atoms with Gasteiger partial charge in [0, 0.05) is 0 Å². The van der Waals surface area contributed by atoms with Crippen LogP contribution in [0.5, 0.6) is 0 Å². The maximum absolute atomic E-state index is 12.5. The van der Waals surface area contributed by atoms with Crippen LogP contribution >= 0.6 is 0 Å².